The van der Waals surface area contributed by atoms with E-state index in [0.29, 0.717) is 22.7 Å². The first-order valence-electron chi connectivity index (χ1n) is 7.00. The molecule has 0 heterocycles. The molecule has 0 radical (unpaired) electrons. The molecular weight excluding hydrogens is 196 g/mol. The quantitative estimate of drug-likeness (QED) is 0.664. The van der Waals surface area contributed by atoms with E-state index in [9.17, 15) is 5.11 Å². The molecule has 3 saturated carbocycles. The Morgan fingerprint density at radius 2 is 1.75 bits per heavy atom. The van der Waals surface area contributed by atoms with Crippen molar-refractivity contribution in [3.05, 3.63) is 0 Å². The zero-order valence-electron chi connectivity index (χ0n) is 11.2. The standard InChI is InChI=1S/C15H26O/c1-10-5-6-12-14(4)8-11(14)7-13(2,3)9-15(10,12)16/h10-12,16H,5-9H2,1-4H3/t10-,11-,12-,14+,15+/m0/s1. The van der Waals surface area contributed by atoms with Gasteiger partial charge in [-0.2, -0.15) is 0 Å². The normalized spacial score (nSPS) is 58.7. The van der Waals surface area contributed by atoms with Crippen LogP contribution in [-0.2, 0) is 0 Å². The van der Waals surface area contributed by atoms with Crippen LogP contribution in [0, 0.1) is 28.6 Å². The van der Waals surface area contributed by atoms with Gasteiger partial charge in [-0.05, 0) is 60.7 Å². The van der Waals surface area contributed by atoms with Gasteiger partial charge in [0.25, 0.3) is 0 Å². The summed E-state index contributed by atoms with van der Waals surface area (Å²) in [5.41, 5.74) is 0.460. The second kappa shape index (κ2) is 2.85. The second-order valence-corrected chi connectivity index (χ2v) is 7.97. The summed E-state index contributed by atoms with van der Waals surface area (Å²) in [6.07, 6.45) is 6.23. The molecule has 92 valence electrons. The van der Waals surface area contributed by atoms with Crippen LogP contribution in [0.3, 0.4) is 0 Å². The molecule has 0 amide bonds. The summed E-state index contributed by atoms with van der Waals surface area (Å²) in [4.78, 5) is 0. The Hall–Kier alpha value is -0.0400. The van der Waals surface area contributed by atoms with E-state index in [1.165, 1.54) is 25.7 Å². The summed E-state index contributed by atoms with van der Waals surface area (Å²) in [5.74, 6) is 1.99. The van der Waals surface area contributed by atoms with E-state index in [4.69, 9.17) is 0 Å². The molecule has 16 heavy (non-hydrogen) atoms. The molecule has 0 aliphatic heterocycles. The summed E-state index contributed by atoms with van der Waals surface area (Å²) in [6.45, 7) is 9.42. The Labute approximate surface area is 99.6 Å². The Bertz CT molecular complexity index is 321. The summed E-state index contributed by atoms with van der Waals surface area (Å²) in [6, 6.07) is 0. The van der Waals surface area contributed by atoms with Crippen molar-refractivity contribution in [1.29, 1.82) is 0 Å². The van der Waals surface area contributed by atoms with Gasteiger partial charge in [0.15, 0.2) is 0 Å². The molecule has 1 N–H and O–H groups in total. The van der Waals surface area contributed by atoms with E-state index < -0.39 is 0 Å². The third-order valence-corrected chi connectivity index (χ3v) is 6.16. The Morgan fingerprint density at radius 1 is 1.06 bits per heavy atom. The maximum absolute atomic E-state index is 11.2. The maximum atomic E-state index is 11.2. The third kappa shape index (κ3) is 1.27. The molecule has 3 rings (SSSR count). The van der Waals surface area contributed by atoms with Gasteiger partial charge >= 0.3 is 0 Å². The van der Waals surface area contributed by atoms with Crippen molar-refractivity contribution in [1.82, 2.24) is 0 Å². The Balaban J connectivity index is 2.01. The highest BCUT2D eigenvalue weighted by atomic mass is 16.3. The monoisotopic (exact) mass is 222 g/mol. The smallest absolute Gasteiger partial charge is 0.0711 e. The average Bonchev–Trinajstić information content (AvgIpc) is 2.64. The van der Waals surface area contributed by atoms with E-state index in [1.54, 1.807) is 0 Å². The fraction of sp³-hybridized carbons (Fsp3) is 1.00. The summed E-state index contributed by atoms with van der Waals surface area (Å²) in [7, 11) is 0. The molecule has 0 aromatic heterocycles. The number of fused-ring (bicyclic) bond motifs is 3. The molecular formula is C15H26O. The lowest BCUT2D eigenvalue weighted by atomic mass is 9.70. The van der Waals surface area contributed by atoms with Crippen molar-refractivity contribution >= 4 is 0 Å². The molecule has 0 spiro atoms. The highest BCUT2D eigenvalue weighted by Gasteiger charge is 2.67. The highest BCUT2D eigenvalue weighted by Crippen LogP contribution is 2.71. The van der Waals surface area contributed by atoms with Gasteiger partial charge in [0.2, 0.25) is 0 Å². The van der Waals surface area contributed by atoms with E-state index in [0.717, 1.165) is 12.3 Å². The SMILES string of the molecule is C[C@H]1CC[C@H]2[C@]3(C)C[C@@H]3CC(C)(C)C[C@@]12O. The van der Waals surface area contributed by atoms with Crippen LogP contribution in [0.15, 0.2) is 0 Å². The number of rotatable bonds is 0. The van der Waals surface area contributed by atoms with Crippen LogP contribution in [0.4, 0.5) is 0 Å². The first-order chi connectivity index (χ1) is 7.28. The van der Waals surface area contributed by atoms with E-state index in [1.807, 2.05) is 0 Å². The minimum absolute atomic E-state index is 0.338. The summed E-state index contributed by atoms with van der Waals surface area (Å²) < 4.78 is 0. The van der Waals surface area contributed by atoms with Crippen LogP contribution in [0.5, 0.6) is 0 Å². The molecule has 0 saturated heterocycles. The Morgan fingerprint density at radius 3 is 2.44 bits per heavy atom. The number of aliphatic hydroxyl groups is 1. The van der Waals surface area contributed by atoms with E-state index in [-0.39, 0.29) is 5.60 Å². The molecule has 3 aliphatic carbocycles. The van der Waals surface area contributed by atoms with Crippen molar-refractivity contribution in [2.24, 2.45) is 28.6 Å². The van der Waals surface area contributed by atoms with Crippen LogP contribution in [0.25, 0.3) is 0 Å². The van der Waals surface area contributed by atoms with Gasteiger partial charge in [0, 0.05) is 0 Å². The third-order valence-electron chi connectivity index (χ3n) is 6.16. The number of hydrogen-bond donors (Lipinski definition) is 1. The average molecular weight is 222 g/mol. The van der Waals surface area contributed by atoms with Crippen LogP contribution in [-0.4, -0.2) is 10.7 Å². The van der Waals surface area contributed by atoms with Crippen molar-refractivity contribution in [2.45, 2.75) is 65.4 Å². The van der Waals surface area contributed by atoms with Gasteiger partial charge < -0.3 is 5.11 Å². The van der Waals surface area contributed by atoms with Crippen LogP contribution in [0.2, 0.25) is 0 Å². The maximum Gasteiger partial charge on any atom is 0.0711 e. The summed E-state index contributed by atoms with van der Waals surface area (Å²) >= 11 is 0. The minimum atomic E-state index is -0.358. The second-order valence-electron chi connectivity index (χ2n) is 7.97. The van der Waals surface area contributed by atoms with Crippen LogP contribution >= 0.6 is 0 Å². The fourth-order valence-electron chi connectivity index (χ4n) is 5.17. The first-order valence-corrected chi connectivity index (χ1v) is 7.00. The van der Waals surface area contributed by atoms with Gasteiger partial charge in [-0.15, -0.1) is 0 Å². The topological polar surface area (TPSA) is 20.2 Å². The molecule has 5 atom stereocenters. The van der Waals surface area contributed by atoms with Crippen LogP contribution in [0.1, 0.15) is 59.8 Å². The molecule has 0 aromatic rings. The lowest BCUT2D eigenvalue weighted by molar-refractivity contribution is -0.0747. The molecule has 0 bridgehead atoms. The molecule has 0 aromatic carbocycles. The van der Waals surface area contributed by atoms with Crippen molar-refractivity contribution in [3.63, 3.8) is 0 Å². The van der Waals surface area contributed by atoms with Gasteiger partial charge in [-0.1, -0.05) is 27.7 Å². The predicted octanol–water partition coefficient (Wildman–Crippen LogP) is 3.61. The van der Waals surface area contributed by atoms with Crippen LogP contribution < -0.4 is 0 Å². The van der Waals surface area contributed by atoms with Gasteiger partial charge in [0.05, 0.1) is 5.60 Å². The zero-order chi connectivity index (χ0) is 11.8. The lowest BCUT2D eigenvalue weighted by Crippen LogP contribution is -2.44. The fourth-order valence-corrected chi connectivity index (χ4v) is 5.17. The zero-order valence-corrected chi connectivity index (χ0v) is 11.2. The van der Waals surface area contributed by atoms with Crippen molar-refractivity contribution < 1.29 is 5.11 Å². The lowest BCUT2D eigenvalue weighted by Gasteiger charge is -2.40. The molecule has 0 unspecified atom stereocenters. The molecule has 1 heteroatoms. The van der Waals surface area contributed by atoms with Gasteiger partial charge in [-0.3, -0.25) is 0 Å². The molecule has 3 aliphatic rings. The Kier molecular flexibility index (Phi) is 1.98. The molecule has 3 fully saturated rings. The van der Waals surface area contributed by atoms with E-state index >= 15 is 0 Å². The molecule has 1 nitrogen and oxygen atoms in total. The first kappa shape index (κ1) is 11.1. The van der Waals surface area contributed by atoms with Gasteiger partial charge in [0.1, 0.15) is 0 Å². The van der Waals surface area contributed by atoms with Crippen molar-refractivity contribution in [2.75, 3.05) is 0 Å². The van der Waals surface area contributed by atoms with Gasteiger partial charge in [-0.25, -0.2) is 0 Å². The van der Waals surface area contributed by atoms with Crippen molar-refractivity contribution in [3.8, 4) is 0 Å². The largest absolute Gasteiger partial charge is 0.389 e. The summed E-state index contributed by atoms with van der Waals surface area (Å²) in [5, 5.41) is 11.2. The highest BCUT2D eigenvalue weighted by molar-refractivity contribution is 5.16. The predicted molar refractivity (Wildman–Crippen MR) is 66.1 cm³/mol. The van der Waals surface area contributed by atoms with E-state index in [2.05, 4.69) is 27.7 Å². The number of hydrogen-bond acceptors (Lipinski definition) is 1. The minimum Gasteiger partial charge on any atom is -0.389 e.